The molecule has 0 aliphatic rings. The number of nitrogens with zero attached hydrogens (tertiary/aromatic N) is 1. The van der Waals surface area contributed by atoms with E-state index in [2.05, 4.69) is 5.32 Å². The molecule has 4 nitrogen and oxygen atoms in total. The molecule has 0 radical (unpaired) electrons. The van der Waals surface area contributed by atoms with Crippen molar-refractivity contribution < 1.29 is 4.74 Å². The summed E-state index contributed by atoms with van der Waals surface area (Å²) in [6, 6.07) is 5.31. The smallest absolute Gasteiger partial charge is 0.260 e. The molecule has 1 N–H and O–H groups in total. The molecule has 0 saturated heterocycles. The Morgan fingerprint density at radius 3 is 2.83 bits per heavy atom. The summed E-state index contributed by atoms with van der Waals surface area (Å²) >= 11 is 6.11. The maximum absolute atomic E-state index is 12.3. The summed E-state index contributed by atoms with van der Waals surface area (Å²) < 4.78 is 6.88. The van der Waals surface area contributed by atoms with Gasteiger partial charge in [0.2, 0.25) is 0 Å². The Hall–Kier alpha value is -1.52. The highest BCUT2D eigenvalue weighted by Crippen LogP contribution is 2.28. The van der Waals surface area contributed by atoms with Crippen molar-refractivity contribution in [1.82, 2.24) is 9.88 Å². The fraction of sp³-hybridized carbons (Fsp3) is 0.308. The predicted octanol–water partition coefficient (Wildman–Crippen LogP) is 1.88. The fourth-order valence-corrected chi connectivity index (χ4v) is 2.16. The van der Waals surface area contributed by atoms with Crippen LogP contribution < -0.4 is 15.6 Å². The molecular formula is C13H15ClN2O2. The summed E-state index contributed by atoms with van der Waals surface area (Å²) in [6.07, 6.45) is 1.76. The zero-order chi connectivity index (χ0) is 13.1. The molecule has 18 heavy (non-hydrogen) atoms. The summed E-state index contributed by atoms with van der Waals surface area (Å²) in [7, 11) is 3.43. The van der Waals surface area contributed by atoms with Crippen molar-refractivity contribution in [3.8, 4) is 5.75 Å². The van der Waals surface area contributed by atoms with E-state index >= 15 is 0 Å². The number of benzene rings is 1. The standard InChI is InChI=1S/C13H15ClN2O2/c1-15-6-8-16-7-5-9-11(18-2)4-3-10(14)12(9)13(16)17/h3-5,7,15H,6,8H2,1-2H3. The van der Waals surface area contributed by atoms with Crippen LogP contribution in [0.25, 0.3) is 10.8 Å². The van der Waals surface area contributed by atoms with E-state index in [9.17, 15) is 4.79 Å². The van der Waals surface area contributed by atoms with E-state index in [4.69, 9.17) is 16.3 Å². The molecule has 1 heterocycles. The van der Waals surface area contributed by atoms with Crippen LogP contribution in [0, 0.1) is 0 Å². The number of pyridine rings is 1. The number of fused-ring (bicyclic) bond motifs is 1. The highest BCUT2D eigenvalue weighted by molar-refractivity contribution is 6.35. The van der Waals surface area contributed by atoms with E-state index in [0.717, 1.165) is 11.9 Å². The van der Waals surface area contributed by atoms with Crippen LogP contribution in [0.2, 0.25) is 5.02 Å². The lowest BCUT2D eigenvalue weighted by Gasteiger charge is -2.10. The van der Waals surface area contributed by atoms with Crippen molar-refractivity contribution in [1.29, 1.82) is 0 Å². The Kier molecular flexibility index (Phi) is 3.89. The summed E-state index contributed by atoms with van der Waals surface area (Å²) in [5.41, 5.74) is -0.0911. The molecular weight excluding hydrogens is 252 g/mol. The molecule has 0 spiro atoms. The van der Waals surface area contributed by atoms with Gasteiger partial charge in [0.1, 0.15) is 5.75 Å². The van der Waals surface area contributed by atoms with Gasteiger partial charge in [-0.15, -0.1) is 0 Å². The lowest BCUT2D eigenvalue weighted by atomic mass is 10.1. The first-order valence-electron chi connectivity index (χ1n) is 5.69. The van der Waals surface area contributed by atoms with Gasteiger partial charge in [-0.25, -0.2) is 0 Å². The maximum atomic E-state index is 12.3. The molecule has 0 aliphatic heterocycles. The topological polar surface area (TPSA) is 43.3 Å². The molecule has 0 fully saturated rings. The first-order valence-corrected chi connectivity index (χ1v) is 6.07. The zero-order valence-electron chi connectivity index (χ0n) is 10.4. The molecule has 0 bridgehead atoms. The van der Waals surface area contributed by atoms with Crippen LogP contribution in [0.1, 0.15) is 0 Å². The second-order valence-electron chi connectivity index (χ2n) is 3.96. The molecule has 1 aromatic carbocycles. The number of hydrogen-bond acceptors (Lipinski definition) is 3. The Morgan fingerprint density at radius 2 is 2.17 bits per heavy atom. The lowest BCUT2D eigenvalue weighted by molar-refractivity contribution is 0.419. The molecule has 0 unspecified atom stereocenters. The SMILES string of the molecule is CNCCn1ccc2c(OC)ccc(Cl)c2c1=O. The van der Waals surface area contributed by atoms with Gasteiger partial charge in [-0.1, -0.05) is 11.6 Å². The van der Waals surface area contributed by atoms with Crippen molar-refractivity contribution in [3.05, 3.63) is 39.8 Å². The van der Waals surface area contributed by atoms with E-state index in [-0.39, 0.29) is 5.56 Å². The normalized spacial score (nSPS) is 10.8. The molecule has 1 aromatic heterocycles. The Bertz CT molecular complexity index is 622. The van der Waals surface area contributed by atoms with Crippen molar-refractivity contribution in [2.45, 2.75) is 6.54 Å². The van der Waals surface area contributed by atoms with Crippen LogP contribution >= 0.6 is 11.6 Å². The summed E-state index contributed by atoms with van der Waals surface area (Å²) in [4.78, 5) is 12.3. The zero-order valence-corrected chi connectivity index (χ0v) is 11.1. The fourth-order valence-electron chi connectivity index (χ4n) is 1.92. The van der Waals surface area contributed by atoms with Crippen molar-refractivity contribution >= 4 is 22.4 Å². The highest BCUT2D eigenvalue weighted by Gasteiger charge is 2.10. The third-order valence-electron chi connectivity index (χ3n) is 2.87. The molecule has 0 amide bonds. The average molecular weight is 267 g/mol. The summed E-state index contributed by atoms with van der Waals surface area (Å²) in [6.45, 7) is 1.34. The Morgan fingerprint density at radius 1 is 1.39 bits per heavy atom. The number of methoxy groups -OCH3 is 1. The minimum absolute atomic E-state index is 0.0911. The first kappa shape index (κ1) is 12.9. The van der Waals surface area contributed by atoms with E-state index in [1.54, 1.807) is 30.0 Å². The van der Waals surface area contributed by atoms with Crippen molar-refractivity contribution in [3.63, 3.8) is 0 Å². The second-order valence-corrected chi connectivity index (χ2v) is 4.36. The monoisotopic (exact) mass is 266 g/mol. The second kappa shape index (κ2) is 5.42. The molecule has 2 aromatic rings. The summed E-state index contributed by atoms with van der Waals surface area (Å²) in [5, 5.41) is 4.72. The van der Waals surface area contributed by atoms with Gasteiger partial charge in [0.25, 0.3) is 5.56 Å². The number of rotatable bonds is 4. The number of halogens is 1. The van der Waals surface area contributed by atoms with Crippen molar-refractivity contribution in [2.24, 2.45) is 0 Å². The highest BCUT2D eigenvalue weighted by atomic mass is 35.5. The maximum Gasteiger partial charge on any atom is 0.260 e. The Balaban J connectivity index is 2.66. The predicted molar refractivity (Wildman–Crippen MR) is 73.7 cm³/mol. The number of hydrogen-bond donors (Lipinski definition) is 1. The van der Waals surface area contributed by atoms with E-state index in [0.29, 0.717) is 22.7 Å². The van der Waals surface area contributed by atoms with Gasteiger partial charge in [-0.05, 0) is 25.2 Å². The third-order valence-corrected chi connectivity index (χ3v) is 3.19. The molecule has 96 valence electrons. The molecule has 5 heteroatoms. The molecule has 0 aliphatic carbocycles. The van der Waals surface area contributed by atoms with Crippen LogP contribution in [0.4, 0.5) is 0 Å². The van der Waals surface area contributed by atoms with Gasteiger partial charge in [-0.2, -0.15) is 0 Å². The van der Waals surface area contributed by atoms with Crippen molar-refractivity contribution in [2.75, 3.05) is 20.7 Å². The van der Waals surface area contributed by atoms with Gasteiger partial charge >= 0.3 is 0 Å². The average Bonchev–Trinajstić information content (AvgIpc) is 2.38. The first-order chi connectivity index (χ1) is 8.69. The van der Waals surface area contributed by atoms with E-state index in [1.165, 1.54) is 0 Å². The van der Waals surface area contributed by atoms with Crippen LogP contribution in [-0.4, -0.2) is 25.3 Å². The minimum atomic E-state index is -0.0911. The summed E-state index contributed by atoms with van der Waals surface area (Å²) in [5.74, 6) is 0.660. The molecule has 2 rings (SSSR count). The number of likely N-dealkylation sites (N-methyl/N-ethyl adjacent to an activating group) is 1. The van der Waals surface area contributed by atoms with Crippen LogP contribution in [-0.2, 0) is 6.54 Å². The van der Waals surface area contributed by atoms with Gasteiger partial charge in [0.05, 0.1) is 17.5 Å². The number of aromatic nitrogens is 1. The van der Waals surface area contributed by atoms with E-state index < -0.39 is 0 Å². The quantitative estimate of drug-likeness (QED) is 0.919. The number of nitrogens with one attached hydrogen (secondary N) is 1. The van der Waals surface area contributed by atoms with Gasteiger partial charge in [0.15, 0.2) is 0 Å². The van der Waals surface area contributed by atoms with Crippen LogP contribution in [0.3, 0.4) is 0 Å². The van der Waals surface area contributed by atoms with Crippen LogP contribution in [0.15, 0.2) is 29.2 Å². The largest absolute Gasteiger partial charge is 0.496 e. The van der Waals surface area contributed by atoms with Gasteiger partial charge in [0, 0.05) is 24.7 Å². The molecule has 0 atom stereocenters. The van der Waals surface area contributed by atoms with Gasteiger partial charge in [-0.3, -0.25) is 4.79 Å². The molecule has 0 saturated carbocycles. The minimum Gasteiger partial charge on any atom is -0.496 e. The Labute approximate surface area is 110 Å². The van der Waals surface area contributed by atoms with E-state index in [1.807, 2.05) is 13.1 Å². The lowest BCUT2D eigenvalue weighted by Crippen LogP contribution is -2.25. The van der Waals surface area contributed by atoms with Gasteiger partial charge < -0.3 is 14.6 Å². The number of ether oxygens (including phenoxy) is 1. The third kappa shape index (κ3) is 2.21. The van der Waals surface area contributed by atoms with Crippen LogP contribution in [0.5, 0.6) is 5.75 Å².